The summed E-state index contributed by atoms with van der Waals surface area (Å²) in [6, 6.07) is 0. The molecule has 0 aromatic carbocycles. The second kappa shape index (κ2) is 3.68. The molecule has 2 unspecified atom stereocenters. The summed E-state index contributed by atoms with van der Waals surface area (Å²) in [6.07, 6.45) is 3.70. The van der Waals surface area contributed by atoms with Gasteiger partial charge >= 0.3 is 11.9 Å². The van der Waals surface area contributed by atoms with Crippen molar-refractivity contribution < 1.29 is 23.4 Å². The van der Waals surface area contributed by atoms with Crippen molar-refractivity contribution in [2.24, 2.45) is 17.8 Å². The van der Waals surface area contributed by atoms with Gasteiger partial charge in [0.05, 0.1) is 5.60 Å². The minimum Gasteiger partial charge on any atom is -0.454 e. The molecule has 0 aliphatic heterocycles. The van der Waals surface area contributed by atoms with Crippen LogP contribution in [-0.2, 0) is 9.53 Å². The van der Waals surface area contributed by atoms with E-state index in [-0.39, 0.29) is 11.8 Å². The summed E-state index contributed by atoms with van der Waals surface area (Å²) >= 11 is 0. The predicted molar refractivity (Wildman–Crippen MR) is 63.6 cm³/mol. The number of esters is 1. The quantitative estimate of drug-likeness (QED) is 0.787. The van der Waals surface area contributed by atoms with E-state index in [1.807, 2.05) is 0 Å². The Morgan fingerprint density at radius 1 is 1.26 bits per heavy atom. The highest BCUT2D eigenvalue weighted by molar-refractivity contribution is 5.77. The lowest BCUT2D eigenvalue weighted by Crippen LogP contribution is -2.64. The van der Waals surface area contributed by atoms with Crippen molar-refractivity contribution in [3.8, 4) is 0 Å². The van der Waals surface area contributed by atoms with Crippen LogP contribution in [0.15, 0.2) is 0 Å². The SMILES string of the molecule is CC(F)(F)C(=O)OC1(C)C2CC3CC1CC(O)(C3)C2. The average Bonchev–Trinajstić information content (AvgIpc) is 2.22. The standard InChI is InChI=1S/C14H20F2O3/c1-12(19-11(17)13(2,15)16)9-3-8-4-10(12)7-14(18,5-8)6-9/h8-10,18H,3-7H2,1-2H3. The summed E-state index contributed by atoms with van der Waals surface area (Å²) in [5.41, 5.74) is -1.49. The van der Waals surface area contributed by atoms with Crippen LogP contribution in [0.1, 0.15) is 46.0 Å². The molecule has 0 amide bonds. The van der Waals surface area contributed by atoms with E-state index in [0.717, 1.165) is 19.3 Å². The molecule has 0 aromatic heterocycles. The van der Waals surface area contributed by atoms with Gasteiger partial charge in [0.15, 0.2) is 0 Å². The van der Waals surface area contributed by atoms with Gasteiger partial charge in [-0.1, -0.05) is 0 Å². The summed E-state index contributed by atoms with van der Waals surface area (Å²) in [5.74, 6) is -4.41. The van der Waals surface area contributed by atoms with E-state index in [9.17, 15) is 18.7 Å². The Hall–Kier alpha value is -0.710. The highest BCUT2D eigenvalue weighted by atomic mass is 19.3. The molecule has 4 aliphatic rings. The number of carbonyl (C=O) groups excluding carboxylic acids is 1. The largest absolute Gasteiger partial charge is 0.454 e. The van der Waals surface area contributed by atoms with Crippen LogP contribution in [0.4, 0.5) is 8.78 Å². The summed E-state index contributed by atoms with van der Waals surface area (Å²) in [7, 11) is 0. The molecule has 1 N–H and O–H groups in total. The third-order valence-electron chi connectivity index (χ3n) is 5.45. The molecule has 0 saturated heterocycles. The van der Waals surface area contributed by atoms with Gasteiger partial charge in [-0.25, -0.2) is 4.79 Å². The van der Waals surface area contributed by atoms with E-state index in [0.29, 0.717) is 25.7 Å². The van der Waals surface area contributed by atoms with E-state index < -0.39 is 23.1 Å². The lowest BCUT2D eigenvalue weighted by molar-refractivity contribution is -0.245. The third kappa shape index (κ3) is 1.97. The molecule has 4 saturated carbocycles. The van der Waals surface area contributed by atoms with Gasteiger partial charge in [-0.15, -0.1) is 0 Å². The van der Waals surface area contributed by atoms with E-state index in [1.54, 1.807) is 6.92 Å². The van der Waals surface area contributed by atoms with Crippen LogP contribution >= 0.6 is 0 Å². The Morgan fingerprint density at radius 3 is 2.21 bits per heavy atom. The molecule has 108 valence electrons. The molecule has 5 heteroatoms. The van der Waals surface area contributed by atoms with Crippen molar-refractivity contribution in [3.05, 3.63) is 0 Å². The molecular weight excluding hydrogens is 254 g/mol. The second-order valence-electron chi connectivity index (χ2n) is 7.03. The monoisotopic (exact) mass is 274 g/mol. The van der Waals surface area contributed by atoms with Crippen molar-refractivity contribution in [3.63, 3.8) is 0 Å². The zero-order valence-electron chi connectivity index (χ0n) is 11.3. The van der Waals surface area contributed by atoms with Gasteiger partial charge in [-0.3, -0.25) is 0 Å². The number of aliphatic hydroxyl groups is 1. The molecule has 3 nitrogen and oxygen atoms in total. The Kier molecular flexibility index (Phi) is 2.58. The minimum atomic E-state index is -3.45. The molecule has 4 aliphatic carbocycles. The zero-order valence-corrected chi connectivity index (χ0v) is 11.3. The number of rotatable bonds is 2. The summed E-state index contributed by atoms with van der Waals surface area (Å²) < 4.78 is 31.3. The fourth-order valence-corrected chi connectivity index (χ4v) is 4.60. The maximum Gasteiger partial charge on any atom is 0.377 e. The van der Waals surface area contributed by atoms with Crippen molar-refractivity contribution in [2.75, 3.05) is 0 Å². The van der Waals surface area contributed by atoms with Crippen LogP contribution in [0.3, 0.4) is 0 Å². The number of ether oxygens (including phenoxy) is 1. The molecule has 0 radical (unpaired) electrons. The van der Waals surface area contributed by atoms with Crippen molar-refractivity contribution in [1.29, 1.82) is 0 Å². The Labute approximate surface area is 111 Å². The van der Waals surface area contributed by atoms with Crippen molar-refractivity contribution in [1.82, 2.24) is 0 Å². The average molecular weight is 274 g/mol. The van der Waals surface area contributed by atoms with Gasteiger partial charge in [0.2, 0.25) is 0 Å². The lowest BCUT2D eigenvalue weighted by atomic mass is 9.48. The minimum absolute atomic E-state index is 0.00931. The smallest absolute Gasteiger partial charge is 0.377 e. The molecule has 0 aromatic rings. The lowest BCUT2D eigenvalue weighted by Gasteiger charge is -2.61. The topological polar surface area (TPSA) is 46.5 Å². The highest BCUT2D eigenvalue weighted by Gasteiger charge is 2.62. The molecule has 2 atom stereocenters. The first-order chi connectivity index (χ1) is 8.62. The highest BCUT2D eigenvalue weighted by Crippen LogP contribution is 2.61. The van der Waals surface area contributed by atoms with Gasteiger partial charge in [0, 0.05) is 18.8 Å². The maximum atomic E-state index is 13.1. The van der Waals surface area contributed by atoms with Crippen molar-refractivity contribution >= 4 is 5.97 Å². The number of hydrogen-bond donors (Lipinski definition) is 1. The van der Waals surface area contributed by atoms with Crippen molar-refractivity contribution in [2.45, 2.75) is 63.1 Å². The zero-order chi connectivity index (χ0) is 14.1. The van der Waals surface area contributed by atoms with Crippen LogP contribution in [0.25, 0.3) is 0 Å². The maximum absolute atomic E-state index is 13.1. The fraction of sp³-hybridized carbons (Fsp3) is 0.929. The Bertz CT molecular complexity index is 399. The number of hydrogen-bond acceptors (Lipinski definition) is 3. The Balaban J connectivity index is 1.83. The van der Waals surface area contributed by atoms with Crippen LogP contribution in [0, 0.1) is 17.8 Å². The molecule has 19 heavy (non-hydrogen) atoms. The van der Waals surface area contributed by atoms with Crippen LogP contribution in [0.5, 0.6) is 0 Å². The van der Waals surface area contributed by atoms with E-state index in [1.165, 1.54) is 0 Å². The third-order valence-corrected chi connectivity index (χ3v) is 5.45. The fourth-order valence-electron chi connectivity index (χ4n) is 4.60. The van der Waals surface area contributed by atoms with Gasteiger partial charge in [-0.05, 0) is 44.9 Å². The molecule has 0 heterocycles. The van der Waals surface area contributed by atoms with Crippen LogP contribution in [-0.4, -0.2) is 28.2 Å². The first-order valence-corrected chi connectivity index (χ1v) is 6.96. The van der Waals surface area contributed by atoms with E-state index in [2.05, 4.69) is 0 Å². The first kappa shape index (κ1) is 13.3. The molecule has 4 bridgehead atoms. The van der Waals surface area contributed by atoms with E-state index >= 15 is 0 Å². The number of halogens is 2. The first-order valence-electron chi connectivity index (χ1n) is 6.96. The Morgan fingerprint density at radius 2 is 1.79 bits per heavy atom. The number of alkyl halides is 2. The molecular formula is C14H20F2O3. The van der Waals surface area contributed by atoms with Gasteiger partial charge in [0.1, 0.15) is 5.60 Å². The van der Waals surface area contributed by atoms with Crippen LogP contribution < -0.4 is 0 Å². The second-order valence-corrected chi connectivity index (χ2v) is 7.03. The molecule has 0 spiro atoms. The number of carbonyl (C=O) groups is 1. The molecule has 4 fully saturated rings. The van der Waals surface area contributed by atoms with Gasteiger partial charge < -0.3 is 9.84 Å². The summed E-state index contributed by atoms with van der Waals surface area (Å²) in [4.78, 5) is 11.5. The van der Waals surface area contributed by atoms with Gasteiger partial charge in [-0.2, -0.15) is 8.78 Å². The predicted octanol–water partition coefficient (Wildman–Crippen LogP) is 2.51. The normalized spacial score (nSPS) is 48.4. The van der Waals surface area contributed by atoms with E-state index in [4.69, 9.17) is 4.74 Å². The summed E-state index contributed by atoms with van der Waals surface area (Å²) in [6.45, 7) is 2.34. The van der Waals surface area contributed by atoms with Gasteiger partial charge in [0.25, 0.3) is 0 Å². The van der Waals surface area contributed by atoms with Crippen LogP contribution in [0.2, 0.25) is 0 Å². The molecule has 4 rings (SSSR count). The summed E-state index contributed by atoms with van der Waals surface area (Å²) in [5, 5.41) is 10.4.